The van der Waals surface area contributed by atoms with Crippen molar-refractivity contribution in [2.24, 2.45) is 5.41 Å². The molecule has 2 bridgehead atoms. The van der Waals surface area contributed by atoms with E-state index in [-0.39, 0.29) is 16.7 Å². The van der Waals surface area contributed by atoms with Crippen molar-refractivity contribution in [3.63, 3.8) is 0 Å². The first-order valence-electron chi connectivity index (χ1n) is 12.7. The number of hydrogen-bond acceptors (Lipinski definition) is 4. The molecule has 0 saturated heterocycles. The summed E-state index contributed by atoms with van der Waals surface area (Å²) in [6.45, 7) is 10.9. The van der Waals surface area contributed by atoms with Crippen molar-refractivity contribution in [2.75, 3.05) is 5.01 Å². The number of carbonyl (C=O) groups is 1. The third-order valence-corrected chi connectivity index (χ3v) is 9.28. The summed E-state index contributed by atoms with van der Waals surface area (Å²) in [5.74, 6) is -0.0276. The number of nitrogens with zero attached hydrogens (tertiary/aromatic N) is 3. The zero-order chi connectivity index (χ0) is 25.3. The van der Waals surface area contributed by atoms with Crippen LogP contribution in [0, 0.1) is 19.3 Å². The molecule has 2 aliphatic rings. The quantitative estimate of drug-likeness (QED) is 0.344. The van der Waals surface area contributed by atoms with E-state index in [9.17, 15) is 4.79 Å². The minimum Gasteiger partial charge on any atom is -0.272 e. The second-order valence-electron chi connectivity index (χ2n) is 11.2. The number of aromatic nitrogens is 2. The summed E-state index contributed by atoms with van der Waals surface area (Å²) in [5.41, 5.74) is 9.75. The van der Waals surface area contributed by atoms with Crippen LogP contribution in [0.5, 0.6) is 0 Å². The molecule has 2 aliphatic carbocycles. The van der Waals surface area contributed by atoms with Crippen molar-refractivity contribution in [3.8, 4) is 0 Å². The second-order valence-corrected chi connectivity index (χ2v) is 11.2. The van der Waals surface area contributed by atoms with Crippen LogP contribution < -0.4 is 10.4 Å². The molecule has 36 heavy (non-hydrogen) atoms. The van der Waals surface area contributed by atoms with Gasteiger partial charge in [0.25, 0.3) is 5.91 Å². The number of benzene rings is 3. The number of fused-ring (bicyclic) bond motifs is 6. The minimum absolute atomic E-state index is 0.0276. The molecule has 1 fully saturated rings. The van der Waals surface area contributed by atoms with Crippen LogP contribution in [0.4, 0.5) is 11.4 Å². The smallest absolute Gasteiger partial charge is 0.251 e. The molecule has 5 heteroatoms. The number of rotatable bonds is 4. The minimum atomic E-state index is -0.779. The largest absolute Gasteiger partial charge is 0.272 e. The Bertz CT molecular complexity index is 1460. The monoisotopic (exact) mass is 476 g/mol. The number of hydrogen-bond donors (Lipinski definition) is 1. The molecule has 1 saturated carbocycles. The number of amides is 1. The third kappa shape index (κ3) is 2.86. The maximum atomic E-state index is 14.5. The molecule has 2 unspecified atom stereocenters. The molecule has 1 N–H and O–H groups in total. The first kappa shape index (κ1) is 22.7. The number of nitrogens with one attached hydrogen (secondary N) is 1. The Hall–Kier alpha value is -3.73. The van der Waals surface area contributed by atoms with Crippen LogP contribution in [0.3, 0.4) is 0 Å². The van der Waals surface area contributed by atoms with Crippen molar-refractivity contribution in [2.45, 2.75) is 58.3 Å². The molecule has 182 valence electrons. The van der Waals surface area contributed by atoms with E-state index in [0.717, 1.165) is 46.6 Å². The molecule has 0 radical (unpaired) electrons. The van der Waals surface area contributed by atoms with Crippen LogP contribution in [0.1, 0.15) is 56.1 Å². The lowest BCUT2D eigenvalue weighted by Gasteiger charge is -2.40. The maximum absolute atomic E-state index is 14.5. The van der Waals surface area contributed by atoms with Crippen LogP contribution >= 0.6 is 0 Å². The van der Waals surface area contributed by atoms with Crippen molar-refractivity contribution in [3.05, 3.63) is 95.3 Å². The van der Waals surface area contributed by atoms with E-state index in [1.54, 1.807) is 0 Å². The third-order valence-electron chi connectivity index (χ3n) is 9.28. The lowest BCUT2D eigenvalue weighted by atomic mass is 9.63. The fraction of sp³-hybridized carbons (Fsp3) is 0.323. The number of anilines is 2. The number of hydrazine groups is 1. The molecule has 1 aromatic heterocycles. The fourth-order valence-electron chi connectivity index (χ4n) is 6.49. The van der Waals surface area contributed by atoms with Gasteiger partial charge in [-0.05, 0) is 79.6 Å². The van der Waals surface area contributed by atoms with Gasteiger partial charge in [-0.2, -0.15) is 0 Å². The first-order chi connectivity index (χ1) is 17.2. The van der Waals surface area contributed by atoms with Gasteiger partial charge in [0.15, 0.2) is 0 Å². The van der Waals surface area contributed by atoms with Crippen molar-refractivity contribution in [1.82, 2.24) is 15.4 Å². The second kappa shape index (κ2) is 7.63. The molecule has 2 atom stereocenters. The van der Waals surface area contributed by atoms with Gasteiger partial charge < -0.3 is 0 Å². The van der Waals surface area contributed by atoms with E-state index in [1.807, 2.05) is 65.7 Å². The van der Waals surface area contributed by atoms with Gasteiger partial charge in [-0.1, -0.05) is 57.2 Å². The van der Waals surface area contributed by atoms with Crippen LogP contribution in [0.15, 0.2) is 72.8 Å². The van der Waals surface area contributed by atoms with Crippen LogP contribution in [0.2, 0.25) is 0 Å². The van der Waals surface area contributed by atoms with Crippen LogP contribution in [-0.2, 0) is 15.6 Å². The average molecular weight is 477 g/mol. The molecule has 1 amide bonds. The average Bonchev–Trinajstić information content (AvgIpc) is 3.17. The van der Waals surface area contributed by atoms with Gasteiger partial charge in [0, 0.05) is 5.41 Å². The molecular formula is C31H32N4O. The van der Waals surface area contributed by atoms with Crippen molar-refractivity contribution >= 4 is 28.3 Å². The van der Waals surface area contributed by atoms with Gasteiger partial charge in [0.2, 0.25) is 0 Å². The Morgan fingerprint density at radius 2 is 1.28 bits per heavy atom. The van der Waals surface area contributed by atoms with E-state index < -0.39 is 5.41 Å². The van der Waals surface area contributed by atoms with Gasteiger partial charge in [-0.3, -0.25) is 15.2 Å². The Morgan fingerprint density at radius 1 is 0.778 bits per heavy atom. The standard InChI is InChI=1S/C31H32N4O/c1-20-18-24-25(19-21(20)2)33-27-26(32-24)30(5)16-17-31(27,29(30,3)4)28(36)34-35(22-12-8-6-9-13-22)23-14-10-7-11-15-23/h6-15,18-19H,16-17H2,1-5H3,(H,34,36). The summed E-state index contributed by atoms with van der Waals surface area (Å²) in [6, 6.07) is 24.2. The van der Waals surface area contributed by atoms with Gasteiger partial charge in [-0.15, -0.1) is 0 Å². The molecule has 0 aliphatic heterocycles. The van der Waals surface area contributed by atoms with E-state index in [2.05, 4.69) is 52.2 Å². The molecule has 6 rings (SSSR count). The van der Waals surface area contributed by atoms with E-state index in [4.69, 9.17) is 9.97 Å². The molecule has 1 heterocycles. The summed E-state index contributed by atoms with van der Waals surface area (Å²) < 4.78 is 0. The molecule has 4 aromatic rings. The fourth-order valence-corrected chi connectivity index (χ4v) is 6.49. The van der Waals surface area contributed by atoms with E-state index >= 15 is 0 Å². The zero-order valence-electron chi connectivity index (χ0n) is 21.6. The zero-order valence-corrected chi connectivity index (χ0v) is 21.6. The Balaban J connectivity index is 1.51. The molecular weight excluding hydrogens is 444 g/mol. The summed E-state index contributed by atoms with van der Waals surface area (Å²) >= 11 is 0. The van der Waals surface area contributed by atoms with Gasteiger partial charge in [0.05, 0.1) is 33.8 Å². The lowest BCUT2D eigenvalue weighted by Crippen LogP contribution is -2.55. The summed E-state index contributed by atoms with van der Waals surface area (Å²) in [7, 11) is 0. The van der Waals surface area contributed by atoms with E-state index in [1.165, 1.54) is 11.1 Å². The van der Waals surface area contributed by atoms with Crippen LogP contribution in [-0.4, -0.2) is 15.9 Å². The summed E-state index contributed by atoms with van der Waals surface area (Å²) in [6.07, 6.45) is 1.65. The Morgan fingerprint density at radius 3 is 1.81 bits per heavy atom. The summed E-state index contributed by atoms with van der Waals surface area (Å²) in [5, 5.41) is 1.89. The van der Waals surface area contributed by atoms with Gasteiger partial charge in [-0.25, -0.2) is 9.97 Å². The predicted octanol–water partition coefficient (Wildman–Crippen LogP) is 6.45. The number of carbonyl (C=O) groups excluding carboxylic acids is 1. The van der Waals surface area contributed by atoms with Crippen molar-refractivity contribution in [1.29, 1.82) is 0 Å². The highest BCUT2D eigenvalue weighted by molar-refractivity contribution is 5.94. The topological polar surface area (TPSA) is 58.1 Å². The van der Waals surface area contributed by atoms with E-state index in [0.29, 0.717) is 0 Å². The highest BCUT2D eigenvalue weighted by Crippen LogP contribution is 2.70. The molecule has 5 nitrogen and oxygen atoms in total. The maximum Gasteiger partial charge on any atom is 0.251 e. The highest BCUT2D eigenvalue weighted by Gasteiger charge is 2.73. The first-order valence-corrected chi connectivity index (χ1v) is 12.7. The predicted molar refractivity (Wildman–Crippen MR) is 144 cm³/mol. The van der Waals surface area contributed by atoms with Crippen molar-refractivity contribution < 1.29 is 4.79 Å². The Kier molecular flexibility index (Phi) is 4.82. The highest BCUT2D eigenvalue weighted by atomic mass is 16.2. The normalized spacial score (nSPS) is 23.5. The van der Waals surface area contributed by atoms with Gasteiger partial charge >= 0.3 is 0 Å². The van der Waals surface area contributed by atoms with Gasteiger partial charge in [0.1, 0.15) is 5.41 Å². The number of para-hydroxylation sites is 2. The molecule has 0 spiro atoms. The Labute approximate surface area is 212 Å². The molecule has 3 aromatic carbocycles. The lowest BCUT2D eigenvalue weighted by molar-refractivity contribution is -0.130. The SMILES string of the molecule is Cc1cc2nc3c(nc2cc1C)C1(C(=O)NN(c2ccccc2)c2ccccc2)CCC3(C)C1(C)C. The number of aryl methyl sites for hydroxylation is 2. The van der Waals surface area contributed by atoms with Crippen LogP contribution in [0.25, 0.3) is 11.0 Å². The summed E-state index contributed by atoms with van der Waals surface area (Å²) in [4.78, 5) is 24.9.